The average Bonchev–Trinajstić information content (AvgIpc) is 2.77. The number of aryl methyl sites for hydroxylation is 1. The van der Waals surface area contributed by atoms with Crippen molar-refractivity contribution in [3.8, 4) is 0 Å². The summed E-state index contributed by atoms with van der Waals surface area (Å²) in [6, 6.07) is 15.2. The van der Waals surface area contributed by atoms with E-state index in [4.69, 9.17) is 9.73 Å². The first-order chi connectivity index (χ1) is 14.6. The summed E-state index contributed by atoms with van der Waals surface area (Å²) in [4.78, 5) is 11.7. The van der Waals surface area contributed by atoms with Crippen LogP contribution in [-0.2, 0) is 17.7 Å². The Kier molecular flexibility index (Phi) is 8.51. The Morgan fingerprint density at radius 1 is 1.23 bits per heavy atom. The predicted molar refractivity (Wildman–Crippen MR) is 124 cm³/mol. The van der Waals surface area contributed by atoms with Gasteiger partial charge in [-0.2, -0.15) is 0 Å². The van der Waals surface area contributed by atoms with Crippen LogP contribution < -0.4 is 15.5 Å². The van der Waals surface area contributed by atoms with Crippen LogP contribution in [0, 0.1) is 0 Å². The number of aromatic nitrogens is 1. The fourth-order valence-electron chi connectivity index (χ4n) is 3.55. The molecule has 6 nitrogen and oxygen atoms in total. The zero-order valence-electron chi connectivity index (χ0n) is 18.5. The summed E-state index contributed by atoms with van der Waals surface area (Å²) < 4.78 is 5.61. The molecule has 6 heteroatoms. The van der Waals surface area contributed by atoms with Gasteiger partial charge in [-0.3, -0.25) is 0 Å². The van der Waals surface area contributed by atoms with E-state index in [1.165, 1.54) is 5.56 Å². The topological polar surface area (TPSA) is 61.8 Å². The Hall–Kier alpha value is -2.60. The van der Waals surface area contributed by atoms with E-state index >= 15 is 0 Å². The fourth-order valence-corrected chi connectivity index (χ4v) is 3.55. The minimum absolute atomic E-state index is 0.252. The number of morpholine rings is 1. The molecular weight excluding hydrogens is 374 g/mol. The monoisotopic (exact) mass is 409 g/mol. The van der Waals surface area contributed by atoms with E-state index in [0.29, 0.717) is 12.6 Å². The van der Waals surface area contributed by atoms with Crippen molar-refractivity contribution in [2.75, 3.05) is 31.1 Å². The largest absolute Gasteiger partial charge is 0.375 e. The highest BCUT2D eigenvalue weighted by molar-refractivity contribution is 5.80. The second-order valence-electron chi connectivity index (χ2n) is 7.92. The average molecular weight is 410 g/mol. The molecule has 2 N–H and O–H groups in total. The lowest BCUT2D eigenvalue weighted by atomic mass is 10.1. The molecule has 2 heterocycles. The van der Waals surface area contributed by atoms with Crippen molar-refractivity contribution in [3.63, 3.8) is 0 Å². The summed E-state index contributed by atoms with van der Waals surface area (Å²) in [5.74, 6) is 1.86. The van der Waals surface area contributed by atoms with Crippen molar-refractivity contribution in [2.24, 2.45) is 4.99 Å². The Balaban J connectivity index is 1.52. The standard InChI is InChI=1S/C24H35N5O/c1-4-25-24(28-19(2)10-11-21-8-6-5-7-9-21)27-17-22-12-13-23(26-16-22)29-14-15-30-20(3)18-29/h5-9,12-13,16,19-20H,4,10-11,14-15,17-18H2,1-3H3,(H2,25,27,28). The highest BCUT2D eigenvalue weighted by Crippen LogP contribution is 2.15. The SMILES string of the molecule is CCNC(=NCc1ccc(N2CCOC(C)C2)nc1)NC(C)CCc1ccccc1. The molecule has 1 aliphatic rings. The zero-order chi connectivity index (χ0) is 21.2. The first-order valence-corrected chi connectivity index (χ1v) is 11.0. The maximum atomic E-state index is 5.61. The maximum absolute atomic E-state index is 5.61. The van der Waals surface area contributed by atoms with Gasteiger partial charge in [0, 0.05) is 31.9 Å². The number of hydrogen-bond donors (Lipinski definition) is 2. The fraction of sp³-hybridized carbons (Fsp3) is 0.500. The van der Waals surface area contributed by atoms with Gasteiger partial charge in [-0.05, 0) is 50.8 Å². The number of anilines is 1. The van der Waals surface area contributed by atoms with Gasteiger partial charge in [0.15, 0.2) is 5.96 Å². The molecule has 0 amide bonds. The van der Waals surface area contributed by atoms with Gasteiger partial charge in [0.25, 0.3) is 0 Å². The van der Waals surface area contributed by atoms with Gasteiger partial charge < -0.3 is 20.3 Å². The van der Waals surface area contributed by atoms with Crippen LogP contribution in [0.2, 0.25) is 0 Å². The number of rotatable bonds is 8. The number of nitrogens with zero attached hydrogens (tertiary/aromatic N) is 3. The highest BCUT2D eigenvalue weighted by atomic mass is 16.5. The summed E-state index contributed by atoms with van der Waals surface area (Å²) in [6.07, 6.45) is 4.30. The van der Waals surface area contributed by atoms with Gasteiger partial charge in [0.1, 0.15) is 5.82 Å². The molecule has 1 saturated heterocycles. The number of pyridine rings is 1. The first-order valence-electron chi connectivity index (χ1n) is 11.0. The molecule has 1 fully saturated rings. The van der Waals surface area contributed by atoms with Crippen molar-refractivity contribution in [1.29, 1.82) is 0 Å². The van der Waals surface area contributed by atoms with Crippen LogP contribution in [0.3, 0.4) is 0 Å². The van der Waals surface area contributed by atoms with Crippen LogP contribution in [0.5, 0.6) is 0 Å². The van der Waals surface area contributed by atoms with Crippen LogP contribution in [0.1, 0.15) is 38.3 Å². The molecule has 0 spiro atoms. The summed E-state index contributed by atoms with van der Waals surface area (Å²) in [5.41, 5.74) is 2.48. The van der Waals surface area contributed by atoms with Gasteiger partial charge in [0.2, 0.25) is 0 Å². The van der Waals surface area contributed by atoms with Crippen LogP contribution >= 0.6 is 0 Å². The molecule has 0 bridgehead atoms. The Morgan fingerprint density at radius 2 is 2.07 bits per heavy atom. The lowest BCUT2D eigenvalue weighted by Gasteiger charge is -2.32. The molecule has 2 atom stereocenters. The number of hydrogen-bond acceptors (Lipinski definition) is 4. The Bertz CT molecular complexity index is 778. The van der Waals surface area contributed by atoms with Crippen LogP contribution in [0.15, 0.2) is 53.7 Å². The molecule has 2 aromatic rings. The van der Waals surface area contributed by atoms with Gasteiger partial charge in [-0.1, -0.05) is 36.4 Å². The number of nitrogens with one attached hydrogen (secondary N) is 2. The normalized spacial score (nSPS) is 18.2. The smallest absolute Gasteiger partial charge is 0.191 e. The number of guanidine groups is 1. The molecule has 1 aromatic heterocycles. The third kappa shape index (κ3) is 7.02. The minimum Gasteiger partial charge on any atom is -0.375 e. The molecule has 1 aromatic carbocycles. The van der Waals surface area contributed by atoms with E-state index in [2.05, 4.69) is 83.8 Å². The van der Waals surface area contributed by atoms with Crippen LogP contribution in [-0.4, -0.2) is 49.3 Å². The predicted octanol–water partition coefficient (Wildman–Crippen LogP) is 3.38. The molecule has 30 heavy (non-hydrogen) atoms. The summed E-state index contributed by atoms with van der Waals surface area (Å²) in [6.45, 7) is 10.4. The third-order valence-electron chi connectivity index (χ3n) is 5.23. The van der Waals surface area contributed by atoms with Gasteiger partial charge >= 0.3 is 0 Å². The van der Waals surface area contributed by atoms with Crippen molar-refractivity contribution < 1.29 is 4.74 Å². The lowest BCUT2D eigenvalue weighted by Crippen LogP contribution is -2.42. The quantitative estimate of drug-likeness (QED) is 0.517. The van der Waals surface area contributed by atoms with Crippen molar-refractivity contribution in [2.45, 2.75) is 52.3 Å². The molecule has 162 valence electrons. The molecule has 0 aliphatic carbocycles. The summed E-state index contributed by atoms with van der Waals surface area (Å²) >= 11 is 0. The van der Waals surface area contributed by atoms with Gasteiger partial charge in [0.05, 0.1) is 19.3 Å². The van der Waals surface area contributed by atoms with Gasteiger partial charge in [-0.15, -0.1) is 0 Å². The second kappa shape index (κ2) is 11.6. The zero-order valence-corrected chi connectivity index (χ0v) is 18.5. The molecular formula is C24H35N5O. The van der Waals surface area contributed by atoms with E-state index in [1.807, 2.05) is 6.20 Å². The maximum Gasteiger partial charge on any atom is 0.191 e. The second-order valence-corrected chi connectivity index (χ2v) is 7.92. The van der Waals surface area contributed by atoms with Crippen molar-refractivity contribution >= 4 is 11.8 Å². The minimum atomic E-state index is 0.252. The van der Waals surface area contributed by atoms with E-state index in [0.717, 1.165) is 56.4 Å². The Morgan fingerprint density at radius 3 is 2.77 bits per heavy atom. The van der Waals surface area contributed by atoms with Crippen molar-refractivity contribution in [3.05, 3.63) is 59.8 Å². The number of aliphatic imine (C=N–C) groups is 1. The summed E-state index contributed by atoms with van der Waals surface area (Å²) in [7, 11) is 0. The lowest BCUT2D eigenvalue weighted by molar-refractivity contribution is 0.0529. The molecule has 1 aliphatic heterocycles. The molecule has 0 saturated carbocycles. The Labute approximate surface area is 180 Å². The molecule has 0 radical (unpaired) electrons. The first kappa shape index (κ1) is 22.1. The van der Waals surface area contributed by atoms with E-state index in [9.17, 15) is 0 Å². The highest BCUT2D eigenvalue weighted by Gasteiger charge is 2.17. The third-order valence-corrected chi connectivity index (χ3v) is 5.23. The van der Waals surface area contributed by atoms with Crippen molar-refractivity contribution in [1.82, 2.24) is 15.6 Å². The van der Waals surface area contributed by atoms with Crippen LogP contribution in [0.25, 0.3) is 0 Å². The van der Waals surface area contributed by atoms with E-state index in [-0.39, 0.29) is 6.10 Å². The van der Waals surface area contributed by atoms with Crippen LogP contribution in [0.4, 0.5) is 5.82 Å². The van der Waals surface area contributed by atoms with E-state index in [1.54, 1.807) is 0 Å². The number of ether oxygens (including phenoxy) is 1. The molecule has 2 unspecified atom stereocenters. The summed E-state index contributed by atoms with van der Waals surface area (Å²) in [5, 5.41) is 6.87. The van der Waals surface area contributed by atoms with E-state index < -0.39 is 0 Å². The number of benzene rings is 1. The molecule has 3 rings (SSSR count). The van der Waals surface area contributed by atoms with Gasteiger partial charge in [-0.25, -0.2) is 9.98 Å².